The maximum Gasteiger partial charge on any atom is 0.321 e. The summed E-state index contributed by atoms with van der Waals surface area (Å²) in [6.07, 6.45) is 4.28. The van der Waals surface area contributed by atoms with E-state index in [4.69, 9.17) is 30.5 Å². The van der Waals surface area contributed by atoms with Crippen molar-refractivity contribution in [3.8, 4) is 0 Å². The molecule has 136 valence electrons. The second kappa shape index (κ2) is 6.60. The fourth-order valence-electron chi connectivity index (χ4n) is 4.27. The van der Waals surface area contributed by atoms with Crippen molar-refractivity contribution in [3.05, 3.63) is 11.6 Å². The molecule has 1 spiro atoms. The van der Waals surface area contributed by atoms with Gasteiger partial charge in [-0.2, -0.15) is 0 Å². The van der Waals surface area contributed by atoms with E-state index in [1.165, 1.54) is 5.57 Å². The van der Waals surface area contributed by atoms with Crippen molar-refractivity contribution in [2.45, 2.75) is 69.5 Å². The summed E-state index contributed by atoms with van der Waals surface area (Å²) in [4.78, 5) is 11.7. The van der Waals surface area contributed by atoms with E-state index in [9.17, 15) is 4.79 Å². The molecule has 2 saturated heterocycles. The summed E-state index contributed by atoms with van der Waals surface area (Å²) < 4.78 is 23.3. The van der Waals surface area contributed by atoms with Crippen LogP contribution in [0.4, 0.5) is 0 Å². The van der Waals surface area contributed by atoms with Gasteiger partial charge in [0.25, 0.3) is 0 Å². The number of hydrogen-bond acceptors (Lipinski definition) is 5. The molecule has 0 aromatic heterocycles. The van der Waals surface area contributed by atoms with Crippen LogP contribution in [0.2, 0.25) is 0 Å². The highest BCUT2D eigenvalue weighted by Crippen LogP contribution is 2.59. The van der Waals surface area contributed by atoms with Crippen molar-refractivity contribution in [3.63, 3.8) is 0 Å². The van der Waals surface area contributed by atoms with Crippen LogP contribution in [-0.2, 0) is 23.7 Å². The summed E-state index contributed by atoms with van der Waals surface area (Å²) >= 11 is 5.59. The average molecular weight is 359 g/mol. The topological polar surface area (TPSA) is 60.6 Å². The van der Waals surface area contributed by atoms with Gasteiger partial charge < -0.3 is 18.9 Å². The van der Waals surface area contributed by atoms with Crippen LogP contribution in [0.15, 0.2) is 11.6 Å². The summed E-state index contributed by atoms with van der Waals surface area (Å²) in [5.41, 5.74) is 0.778. The molecule has 1 aliphatic carbocycles. The lowest BCUT2D eigenvalue weighted by molar-refractivity contribution is -0.169. The molecular weight excluding hydrogens is 332 g/mol. The number of ether oxygens (including phenoxy) is 4. The van der Waals surface area contributed by atoms with Gasteiger partial charge in [-0.1, -0.05) is 11.6 Å². The summed E-state index contributed by atoms with van der Waals surface area (Å²) in [6, 6.07) is 0. The average Bonchev–Trinajstić information content (AvgIpc) is 3.45. The number of methoxy groups -OCH3 is 1. The second-order valence-corrected chi connectivity index (χ2v) is 7.81. The molecule has 2 aliphatic heterocycles. The van der Waals surface area contributed by atoms with E-state index in [2.05, 4.69) is 26.8 Å². The molecule has 0 N–H and O–H groups in total. The van der Waals surface area contributed by atoms with Crippen molar-refractivity contribution in [2.75, 3.05) is 19.6 Å². The highest BCUT2D eigenvalue weighted by Gasteiger charge is 2.72. The van der Waals surface area contributed by atoms with Crippen LogP contribution in [0, 0.1) is 5.92 Å². The lowest BCUT2D eigenvalue weighted by atomic mass is 9.68. The Bertz CT molecular complexity index is 526. The van der Waals surface area contributed by atoms with Gasteiger partial charge in [0, 0.05) is 7.11 Å². The molecule has 24 heavy (non-hydrogen) atoms. The highest BCUT2D eigenvalue weighted by atomic mass is 35.5. The minimum atomic E-state index is -0.405. The van der Waals surface area contributed by atoms with Crippen molar-refractivity contribution in [1.82, 2.24) is 0 Å². The van der Waals surface area contributed by atoms with Crippen LogP contribution < -0.4 is 0 Å². The van der Waals surface area contributed by atoms with E-state index in [1.807, 2.05) is 0 Å². The van der Waals surface area contributed by atoms with E-state index in [0.717, 1.165) is 25.9 Å². The number of allylic oxidation sites excluding steroid dienone is 1. The third-order valence-corrected chi connectivity index (χ3v) is 5.85. The lowest BCUT2D eigenvalue weighted by Gasteiger charge is -2.42. The van der Waals surface area contributed by atoms with Gasteiger partial charge in [-0.3, -0.25) is 4.79 Å². The van der Waals surface area contributed by atoms with Gasteiger partial charge in [0.05, 0.1) is 18.6 Å². The quantitative estimate of drug-likeness (QED) is 0.316. The van der Waals surface area contributed by atoms with Crippen LogP contribution >= 0.6 is 11.6 Å². The molecule has 2 heterocycles. The molecule has 0 amide bonds. The number of epoxide rings is 2. The Balaban J connectivity index is 1.78. The Kier molecular flexibility index (Phi) is 5.00. The summed E-state index contributed by atoms with van der Waals surface area (Å²) in [6.45, 7) is 7.03. The SMILES string of the molecule is CO[C@@H]1[C@H](OC(=O)CCl)CC[C@]2(CO2)[C@H]1[C@@]1(C)OC1CC=C(C)C. The number of hydrogen-bond donors (Lipinski definition) is 0. The standard InChI is InChI=1S/C18H27ClO5/c1-11(2)5-6-13-17(3,24-13)16-15(21-4)12(23-14(20)9-19)7-8-18(16)10-22-18/h5,12-13,15-16H,6-10H2,1-4H3/t12-,13?,15-,16-,17+,18+/m1/s1. The second-order valence-electron chi connectivity index (χ2n) is 7.54. The maximum atomic E-state index is 11.7. The van der Waals surface area contributed by atoms with E-state index in [0.29, 0.717) is 0 Å². The molecule has 3 fully saturated rings. The monoisotopic (exact) mass is 358 g/mol. The molecule has 1 unspecified atom stereocenters. The summed E-state index contributed by atoms with van der Waals surface area (Å²) in [5, 5.41) is 0. The van der Waals surface area contributed by atoms with Gasteiger partial charge in [0.15, 0.2) is 0 Å². The first-order chi connectivity index (χ1) is 11.4. The highest BCUT2D eigenvalue weighted by molar-refractivity contribution is 6.26. The van der Waals surface area contributed by atoms with Gasteiger partial charge in [0.1, 0.15) is 29.3 Å². The molecule has 5 nitrogen and oxygen atoms in total. The Labute approximate surface area is 148 Å². The molecule has 0 bridgehead atoms. The molecule has 0 aromatic rings. The van der Waals surface area contributed by atoms with E-state index in [-0.39, 0.29) is 41.3 Å². The largest absolute Gasteiger partial charge is 0.459 e. The maximum absolute atomic E-state index is 11.7. The third kappa shape index (κ3) is 3.24. The van der Waals surface area contributed by atoms with Crippen LogP contribution in [0.25, 0.3) is 0 Å². The predicted molar refractivity (Wildman–Crippen MR) is 90.1 cm³/mol. The zero-order valence-corrected chi connectivity index (χ0v) is 15.6. The molecule has 3 rings (SSSR count). The number of alkyl halides is 1. The van der Waals surface area contributed by atoms with Crippen molar-refractivity contribution in [2.24, 2.45) is 5.92 Å². The zero-order valence-electron chi connectivity index (χ0n) is 14.8. The number of carbonyl (C=O) groups excluding carboxylic acids is 1. The lowest BCUT2D eigenvalue weighted by Crippen LogP contribution is -2.55. The van der Waals surface area contributed by atoms with Gasteiger partial charge in [-0.05, 0) is 40.0 Å². The fraction of sp³-hybridized carbons (Fsp3) is 0.833. The molecular formula is C18H27ClO5. The summed E-state index contributed by atoms with van der Waals surface area (Å²) in [7, 11) is 1.66. The predicted octanol–water partition coefficient (Wildman–Crippen LogP) is 2.84. The van der Waals surface area contributed by atoms with Crippen LogP contribution in [0.5, 0.6) is 0 Å². The first-order valence-corrected chi connectivity index (χ1v) is 9.13. The fourth-order valence-corrected chi connectivity index (χ4v) is 4.33. The molecule has 1 saturated carbocycles. The zero-order chi connectivity index (χ0) is 17.5. The van der Waals surface area contributed by atoms with Crippen molar-refractivity contribution < 1.29 is 23.7 Å². The van der Waals surface area contributed by atoms with E-state index < -0.39 is 5.97 Å². The Hall–Kier alpha value is -0.620. The Morgan fingerprint density at radius 3 is 2.67 bits per heavy atom. The van der Waals surface area contributed by atoms with Crippen molar-refractivity contribution >= 4 is 17.6 Å². The van der Waals surface area contributed by atoms with Gasteiger partial charge in [0.2, 0.25) is 0 Å². The van der Waals surface area contributed by atoms with Crippen molar-refractivity contribution in [1.29, 1.82) is 0 Å². The number of carbonyl (C=O) groups is 1. The first-order valence-electron chi connectivity index (χ1n) is 8.59. The van der Waals surface area contributed by atoms with E-state index in [1.54, 1.807) is 7.11 Å². The Morgan fingerprint density at radius 1 is 1.42 bits per heavy atom. The molecule has 0 radical (unpaired) electrons. The molecule has 3 aliphatic rings. The van der Waals surface area contributed by atoms with E-state index >= 15 is 0 Å². The van der Waals surface area contributed by atoms with Crippen LogP contribution in [-0.4, -0.2) is 55.1 Å². The van der Waals surface area contributed by atoms with Gasteiger partial charge in [-0.15, -0.1) is 11.6 Å². The third-order valence-electron chi connectivity index (χ3n) is 5.63. The van der Waals surface area contributed by atoms with Gasteiger partial charge >= 0.3 is 5.97 Å². The number of rotatable bonds is 6. The summed E-state index contributed by atoms with van der Waals surface area (Å²) in [5.74, 6) is -0.499. The van der Waals surface area contributed by atoms with Gasteiger partial charge in [-0.25, -0.2) is 0 Å². The normalized spacial score (nSPS) is 43.4. The molecule has 0 aromatic carbocycles. The molecule has 6 heteroatoms. The minimum Gasteiger partial charge on any atom is -0.459 e. The molecule has 6 atom stereocenters. The Morgan fingerprint density at radius 2 is 2.12 bits per heavy atom. The van der Waals surface area contributed by atoms with Crippen LogP contribution in [0.1, 0.15) is 40.0 Å². The smallest absolute Gasteiger partial charge is 0.321 e. The first kappa shape index (κ1) is 18.2. The number of esters is 1. The minimum absolute atomic E-state index is 0.0486. The number of halogens is 1. The van der Waals surface area contributed by atoms with Crippen LogP contribution in [0.3, 0.4) is 0 Å².